The largest absolute Gasteiger partial charge is 0.445 e. The normalized spacial score (nSPS) is 16.8. The lowest BCUT2D eigenvalue weighted by Crippen LogP contribution is -2.59. The van der Waals surface area contributed by atoms with E-state index in [4.69, 9.17) is 4.74 Å². The molecular formula is C52H65F2N11O5. The van der Waals surface area contributed by atoms with Crippen molar-refractivity contribution in [3.63, 3.8) is 0 Å². The number of likely N-dealkylation sites (tertiary alicyclic amines) is 1. The number of nitrogens with one attached hydrogen (secondary N) is 4. The molecule has 3 aromatic carbocycles. The predicted molar refractivity (Wildman–Crippen MR) is 268 cm³/mol. The number of pyridine rings is 2. The first-order valence-corrected chi connectivity index (χ1v) is 23.8. The SMILES string of the molecule is CC.Cc1ccc(NC(=O)Nc2cccc(CN3CCN(C(=O)N4CCC4)[C@H](C)C3)c2F)cn1.Cc1ccc(NC(=O)Nc2cccc(CN3CCN(C(=O)OCc4ccccc4)[C@H](C)C3)c2F)cn1. The van der Waals surface area contributed by atoms with Crippen molar-refractivity contribution < 1.29 is 32.7 Å². The van der Waals surface area contributed by atoms with E-state index in [1.54, 1.807) is 65.8 Å². The van der Waals surface area contributed by atoms with E-state index in [1.165, 1.54) is 12.1 Å². The van der Waals surface area contributed by atoms with Crippen molar-refractivity contribution in [3.8, 4) is 0 Å². The fourth-order valence-electron chi connectivity index (χ4n) is 8.13. The molecule has 0 saturated carbocycles. The van der Waals surface area contributed by atoms with Crippen LogP contribution in [0.3, 0.4) is 0 Å². The Morgan fingerprint density at radius 3 is 1.51 bits per heavy atom. The van der Waals surface area contributed by atoms with Crippen molar-refractivity contribution in [3.05, 3.63) is 143 Å². The Kier molecular flexibility index (Phi) is 19.0. The second kappa shape index (κ2) is 25.4. The topological polar surface area (TPSA) is 168 Å². The number of rotatable bonds is 10. The summed E-state index contributed by atoms with van der Waals surface area (Å²) in [5.74, 6) is -0.927. The molecule has 16 nitrogen and oxygen atoms in total. The molecule has 5 heterocycles. The number of nitrogens with zero attached hydrogens (tertiary/aromatic N) is 7. The minimum absolute atomic E-state index is 0.0649. The number of urea groups is 3. The molecule has 4 N–H and O–H groups in total. The number of amides is 7. The number of aromatic nitrogens is 2. The van der Waals surface area contributed by atoms with Crippen LogP contribution < -0.4 is 21.3 Å². The van der Waals surface area contributed by atoms with Crippen molar-refractivity contribution in [2.75, 3.05) is 73.6 Å². The maximum absolute atomic E-state index is 15.2. The van der Waals surface area contributed by atoms with Gasteiger partial charge < -0.3 is 40.7 Å². The molecule has 70 heavy (non-hydrogen) atoms. The third kappa shape index (κ3) is 14.7. The summed E-state index contributed by atoms with van der Waals surface area (Å²) in [7, 11) is 0. The van der Waals surface area contributed by atoms with E-state index in [0.29, 0.717) is 74.9 Å². The summed E-state index contributed by atoms with van der Waals surface area (Å²) in [6.07, 6.45) is 3.82. The molecule has 3 aliphatic rings. The van der Waals surface area contributed by atoms with Gasteiger partial charge in [0, 0.05) is 100 Å². The number of carbonyl (C=O) groups is 4. The molecule has 2 aromatic heterocycles. The minimum atomic E-state index is -0.548. The monoisotopic (exact) mass is 962 g/mol. The third-order valence-corrected chi connectivity index (χ3v) is 12.0. The van der Waals surface area contributed by atoms with Gasteiger partial charge in [-0.2, -0.15) is 0 Å². The fourth-order valence-corrected chi connectivity index (χ4v) is 8.13. The number of hydrogen-bond donors (Lipinski definition) is 4. The first kappa shape index (κ1) is 52.2. The zero-order valence-corrected chi connectivity index (χ0v) is 40.9. The van der Waals surface area contributed by atoms with Crippen molar-refractivity contribution >= 4 is 46.9 Å². The summed E-state index contributed by atoms with van der Waals surface area (Å²) in [5, 5.41) is 10.4. The van der Waals surface area contributed by atoms with Gasteiger partial charge in [0.15, 0.2) is 11.6 Å². The Bertz CT molecular complexity index is 2520. The average Bonchev–Trinajstić information content (AvgIpc) is 3.33. The number of anilines is 4. The van der Waals surface area contributed by atoms with Crippen LogP contribution in [0.15, 0.2) is 103 Å². The van der Waals surface area contributed by atoms with Crippen LogP contribution in [-0.2, 0) is 24.4 Å². The Balaban J connectivity index is 0.000000223. The van der Waals surface area contributed by atoms with Gasteiger partial charge in [0.05, 0.1) is 35.1 Å². The van der Waals surface area contributed by atoms with E-state index in [1.807, 2.05) is 81.7 Å². The average molecular weight is 962 g/mol. The number of ether oxygens (including phenoxy) is 1. The molecule has 0 aliphatic carbocycles. The second-order valence-corrected chi connectivity index (χ2v) is 17.3. The lowest BCUT2D eigenvalue weighted by molar-refractivity contribution is 0.0455. The van der Waals surface area contributed by atoms with Crippen LogP contribution in [0, 0.1) is 25.5 Å². The van der Waals surface area contributed by atoms with Crippen molar-refractivity contribution in [2.45, 2.75) is 79.7 Å². The summed E-state index contributed by atoms with van der Waals surface area (Å²) in [4.78, 5) is 67.7. The van der Waals surface area contributed by atoms with Crippen LogP contribution in [0.4, 0.5) is 50.7 Å². The number of hydrogen-bond acceptors (Lipinski definition) is 9. The van der Waals surface area contributed by atoms with E-state index in [9.17, 15) is 19.2 Å². The van der Waals surface area contributed by atoms with Gasteiger partial charge in [0.2, 0.25) is 0 Å². The standard InChI is InChI=1S/C27H30FN5O3.C23H29FN6O2.C2H6/c1-19-11-12-23(15-29-19)30-26(34)31-24-10-6-9-22(25(24)28)17-32-13-14-33(20(2)16-32)27(35)36-18-21-7-4-3-5-8-21;1-16-7-8-19(13-25-16)26-22(31)27-20-6-3-5-18(21(20)24)15-28-11-12-30(17(2)14-28)23(32)29-9-4-10-29;1-2/h3-12,15,20H,13-14,16-18H2,1-2H3,(H2,30,31,34);3,5-8,13,17H,4,9-12,14-15H2,1-2H3,(H2,26,27,31);1-2H3/t20-;17-;/m11./s1. The van der Waals surface area contributed by atoms with Gasteiger partial charge in [-0.05, 0) is 76.1 Å². The highest BCUT2D eigenvalue weighted by Gasteiger charge is 2.33. The molecule has 3 fully saturated rings. The number of benzene rings is 3. The van der Waals surface area contributed by atoms with E-state index in [-0.39, 0.29) is 42.2 Å². The number of piperazine rings is 2. The van der Waals surface area contributed by atoms with E-state index < -0.39 is 23.7 Å². The molecule has 0 unspecified atom stereocenters. The maximum atomic E-state index is 15.2. The molecule has 5 aromatic rings. The van der Waals surface area contributed by atoms with Gasteiger partial charge in [-0.15, -0.1) is 0 Å². The van der Waals surface area contributed by atoms with Crippen LogP contribution >= 0.6 is 0 Å². The molecule has 18 heteroatoms. The highest BCUT2D eigenvalue weighted by Crippen LogP contribution is 2.24. The van der Waals surface area contributed by atoms with Gasteiger partial charge >= 0.3 is 24.2 Å². The summed E-state index contributed by atoms with van der Waals surface area (Å²) in [6.45, 7) is 18.0. The first-order valence-electron chi connectivity index (χ1n) is 23.8. The zero-order valence-electron chi connectivity index (χ0n) is 40.9. The lowest BCUT2D eigenvalue weighted by Gasteiger charge is -2.44. The van der Waals surface area contributed by atoms with Crippen molar-refractivity contribution in [2.24, 2.45) is 0 Å². The molecule has 372 valence electrons. The predicted octanol–water partition coefficient (Wildman–Crippen LogP) is 9.55. The Hall–Kier alpha value is -7.18. The highest BCUT2D eigenvalue weighted by molar-refractivity contribution is 6.00. The smallest absolute Gasteiger partial charge is 0.410 e. The maximum Gasteiger partial charge on any atom is 0.410 e. The van der Waals surface area contributed by atoms with Crippen LogP contribution in [0.25, 0.3) is 0 Å². The van der Waals surface area contributed by atoms with E-state index in [0.717, 1.165) is 36.5 Å². The molecule has 0 bridgehead atoms. The Morgan fingerprint density at radius 2 is 1.09 bits per heavy atom. The Labute approximate surface area is 409 Å². The number of aryl methyl sites for hydroxylation is 2. The molecule has 2 atom stereocenters. The summed E-state index contributed by atoms with van der Waals surface area (Å²) >= 11 is 0. The van der Waals surface area contributed by atoms with Crippen LogP contribution in [0.5, 0.6) is 0 Å². The van der Waals surface area contributed by atoms with Crippen molar-refractivity contribution in [1.29, 1.82) is 0 Å². The summed E-state index contributed by atoms with van der Waals surface area (Å²) in [5.41, 5.74) is 4.86. The first-order chi connectivity index (χ1) is 33.8. The van der Waals surface area contributed by atoms with Crippen molar-refractivity contribution in [1.82, 2.24) is 34.5 Å². The number of carbonyl (C=O) groups excluding carboxylic acids is 4. The van der Waals surface area contributed by atoms with E-state index >= 15 is 8.78 Å². The van der Waals surface area contributed by atoms with Crippen LogP contribution in [-0.4, -0.2) is 123 Å². The zero-order chi connectivity index (χ0) is 50.2. The molecule has 8 rings (SSSR count). The number of halogens is 2. The van der Waals surface area contributed by atoms with Crippen LogP contribution in [0.1, 0.15) is 62.2 Å². The molecule has 3 aliphatic heterocycles. The summed E-state index contributed by atoms with van der Waals surface area (Å²) < 4.78 is 35.7. The van der Waals surface area contributed by atoms with Gasteiger partial charge in [-0.3, -0.25) is 19.8 Å². The van der Waals surface area contributed by atoms with Gasteiger partial charge in [-0.1, -0.05) is 68.4 Å². The van der Waals surface area contributed by atoms with Gasteiger partial charge in [-0.25, -0.2) is 28.0 Å². The second-order valence-electron chi connectivity index (χ2n) is 17.3. The highest BCUT2D eigenvalue weighted by atomic mass is 19.1. The molecule has 3 saturated heterocycles. The molecular weight excluding hydrogens is 897 g/mol. The van der Waals surface area contributed by atoms with E-state index in [2.05, 4.69) is 41.0 Å². The molecule has 0 radical (unpaired) electrons. The summed E-state index contributed by atoms with van der Waals surface area (Å²) in [6, 6.07) is 25.5. The lowest BCUT2D eigenvalue weighted by atomic mass is 10.1. The quantitative estimate of drug-likeness (QED) is 0.107. The van der Waals surface area contributed by atoms with Gasteiger partial charge in [0.25, 0.3) is 0 Å². The third-order valence-electron chi connectivity index (χ3n) is 12.0. The van der Waals surface area contributed by atoms with Gasteiger partial charge in [0.1, 0.15) is 6.61 Å². The minimum Gasteiger partial charge on any atom is -0.445 e. The van der Waals surface area contributed by atoms with Crippen LogP contribution in [0.2, 0.25) is 0 Å². The molecule has 7 amide bonds. The fraction of sp³-hybridized carbons (Fsp3) is 0.385. The Morgan fingerprint density at radius 1 is 0.600 bits per heavy atom. The molecule has 0 spiro atoms.